The molecule has 1 saturated heterocycles. The van der Waals surface area contributed by atoms with E-state index in [0.717, 1.165) is 36.4 Å². The molecule has 0 bridgehead atoms. The van der Waals surface area contributed by atoms with Crippen LogP contribution in [-0.4, -0.2) is 52.7 Å². The Morgan fingerprint density at radius 3 is 2.59 bits per heavy atom. The van der Waals surface area contributed by atoms with E-state index in [1.807, 2.05) is 31.2 Å². The summed E-state index contributed by atoms with van der Waals surface area (Å²) in [6.07, 6.45) is 0. The van der Waals surface area contributed by atoms with Crippen molar-refractivity contribution in [3.05, 3.63) is 29.8 Å². The monoisotopic (exact) mass is 389 g/mol. The number of morpholine rings is 1. The maximum atomic E-state index is 12.3. The van der Waals surface area contributed by atoms with E-state index in [0.29, 0.717) is 24.9 Å². The van der Waals surface area contributed by atoms with Crippen LogP contribution in [0.1, 0.15) is 19.4 Å². The number of aromatic nitrogens is 3. The number of nitrogens with zero attached hydrogens (tertiary/aromatic N) is 4. The molecule has 27 heavy (non-hydrogen) atoms. The molecule has 1 amide bonds. The molecule has 2 aromatic rings. The molecule has 146 valence electrons. The van der Waals surface area contributed by atoms with Crippen molar-refractivity contribution in [3.8, 4) is 0 Å². The number of hydrogen-bond acceptors (Lipinski definition) is 6. The Labute approximate surface area is 164 Å². The van der Waals surface area contributed by atoms with E-state index in [9.17, 15) is 4.79 Å². The number of aryl methyl sites for hydroxylation is 1. The van der Waals surface area contributed by atoms with Crippen LogP contribution in [0.5, 0.6) is 0 Å². The standard InChI is InChI=1S/C19H27N5O2S/c1-14(2)12-24-18(23-8-10-26-11-9-23)21-22-19(24)27-13-17(25)20-16-6-4-15(3)5-7-16/h4-7,14H,8-13H2,1-3H3,(H,20,25). The van der Waals surface area contributed by atoms with Crippen molar-refractivity contribution in [2.24, 2.45) is 5.92 Å². The average Bonchev–Trinajstić information content (AvgIpc) is 3.04. The molecule has 2 heterocycles. The van der Waals surface area contributed by atoms with Gasteiger partial charge in [0.05, 0.1) is 19.0 Å². The van der Waals surface area contributed by atoms with E-state index in [1.165, 1.54) is 17.3 Å². The van der Waals surface area contributed by atoms with Crippen LogP contribution in [0.25, 0.3) is 0 Å². The highest BCUT2D eigenvalue weighted by molar-refractivity contribution is 7.99. The first-order chi connectivity index (χ1) is 13.0. The Morgan fingerprint density at radius 2 is 1.93 bits per heavy atom. The molecule has 3 rings (SSSR count). The van der Waals surface area contributed by atoms with E-state index in [4.69, 9.17) is 4.74 Å². The molecule has 0 unspecified atom stereocenters. The van der Waals surface area contributed by atoms with Gasteiger partial charge in [-0.2, -0.15) is 0 Å². The van der Waals surface area contributed by atoms with Gasteiger partial charge in [0.1, 0.15) is 0 Å². The second-order valence-electron chi connectivity index (χ2n) is 7.09. The van der Waals surface area contributed by atoms with Gasteiger partial charge in [-0.25, -0.2) is 0 Å². The van der Waals surface area contributed by atoms with Crippen LogP contribution < -0.4 is 10.2 Å². The molecule has 0 aliphatic carbocycles. The quantitative estimate of drug-likeness (QED) is 0.734. The van der Waals surface area contributed by atoms with Crippen molar-refractivity contribution in [2.75, 3.05) is 42.3 Å². The minimum absolute atomic E-state index is 0.0455. The smallest absolute Gasteiger partial charge is 0.234 e. The molecule has 1 N–H and O–H groups in total. The molecule has 1 aliphatic rings. The fourth-order valence-electron chi connectivity index (χ4n) is 2.87. The molecule has 0 radical (unpaired) electrons. The van der Waals surface area contributed by atoms with Crippen molar-refractivity contribution < 1.29 is 9.53 Å². The zero-order chi connectivity index (χ0) is 19.2. The number of carbonyl (C=O) groups is 1. The van der Waals surface area contributed by atoms with Crippen LogP contribution >= 0.6 is 11.8 Å². The zero-order valence-electron chi connectivity index (χ0n) is 16.1. The van der Waals surface area contributed by atoms with E-state index in [2.05, 4.69) is 38.8 Å². The molecule has 7 nitrogen and oxygen atoms in total. The zero-order valence-corrected chi connectivity index (χ0v) is 17.0. The normalized spacial score (nSPS) is 14.6. The highest BCUT2D eigenvalue weighted by atomic mass is 32.2. The number of hydrogen-bond donors (Lipinski definition) is 1. The SMILES string of the molecule is Cc1ccc(NC(=O)CSc2nnc(N3CCOCC3)n2CC(C)C)cc1. The number of rotatable bonds is 7. The second kappa shape index (κ2) is 9.23. The van der Waals surface area contributed by atoms with Crippen LogP contribution in [-0.2, 0) is 16.1 Å². The van der Waals surface area contributed by atoms with Gasteiger partial charge in [0, 0.05) is 25.3 Å². The summed E-state index contributed by atoms with van der Waals surface area (Å²) in [4.78, 5) is 14.5. The lowest BCUT2D eigenvalue weighted by Gasteiger charge is -2.28. The first kappa shape index (κ1) is 19.7. The summed E-state index contributed by atoms with van der Waals surface area (Å²) in [6, 6.07) is 7.79. The predicted molar refractivity (Wildman–Crippen MR) is 108 cm³/mol. The first-order valence-electron chi connectivity index (χ1n) is 9.28. The third-order valence-electron chi connectivity index (χ3n) is 4.21. The number of ether oxygens (including phenoxy) is 1. The van der Waals surface area contributed by atoms with Gasteiger partial charge in [-0.3, -0.25) is 9.36 Å². The van der Waals surface area contributed by atoms with E-state index in [1.54, 1.807) is 0 Å². The average molecular weight is 390 g/mol. The third-order valence-corrected chi connectivity index (χ3v) is 5.17. The van der Waals surface area contributed by atoms with Gasteiger partial charge < -0.3 is 15.0 Å². The molecule has 1 aromatic heterocycles. The van der Waals surface area contributed by atoms with Crippen LogP contribution in [0, 0.1) is 12.8 Å². The van der Waals surface area contributed by atoms with Gasteiger partial charge >= 0.3 is 0 Å². The summed E-state index contributed by atoms with van der Waals surface area (Å²) >= 11 is 1.42. The van der Waals surface area contributed by atoms with Gasteiger partial charge in [0.15, 0.2) is 5.16 Å². The fraction of sp³-hybridized carbons (Fsp3) is 0.526. The minimum atomic E-state index is -0.0455. The van der Waals surface area contributed by atoms with Crippen LogP contribution in [0.15, 0.2) is 29.4 Å². The van der Waals surface area contributed by atoms with Gasteiger partial charge in [0.2, 0.25) is 11.9 Å². The summed E-state index contributed by atoms with van der Waals surface area (Å²) in [5.74, 6) is 1.58. The van der Waals surface area contributed by atoms with Crippen molar-refractivity contribution in [2.45, 2.75) is 32.5 Å². The maximum Gasteiger partial charge on any atom is 0.234 e. The largest absolute Gasteiger partial charge is 0.378 e. The predicted octanol–water partition coefficient (Wildman–Crippen LogP) is 2.81. The number of anilines is 2. The van der Waals surface area contributed by atoms with Gasteiger partial charge in [-0.15, -0.1) is 10.2 Å². The third kappa shape index (κ3) is 5.46. The Bertz CT molecular complexity index is 754. The van der Waals surface area contributed by atoms with E-state index >= 15 is 0 Å². The Hall–Kier alpha value is -2.06. The first-order valence-corrected chi connectivity index (χ1v) is 10.3. The van der Waals surface area contributed by atoms with Crippen molar-refractivity contribution in [3.63, 3.8) is 0 Å². The fourth-order valence-corrected chi connectivity index (χ4v) is 3.62. The molecule has 1 aromatic carbocycles. The molecule has 1 fully saturated rings. The van der Waals surface area contributed by atoms with Gasteiger partial charge in [-0.1, -0.05) is 43.3 Å². The number of amides is 1. The molecule has 0 spiro atoms. The Morgan fingerprint density at radius 1 is 1.22 bits per heavy atom. The van der Waals surface area contributed by atoms with Gasteiger partial charge in [0.25, 0.3) is 0 Å². The lowest BCUT2D eigenvalue weighted by Crippen LogP contribution is -2.38. The number of carbonyl (C=O) groups excluding carboxylic acids is 1. The van der Waals surface area contributed by atoms with Crippen molar-refractivity contribution in [1.29, 1.82) is 0 Å². The highest BCUT2D eigenvalue weighted by Crippen LogP contribution is 2.24. The molecular formula is C19H27N5O2S. The minimum Gasteiger partial charge on any atom is -0.378 e. The van der Waals surface area contributed by atoms with Crippen molar-refractivity contribution >= 4 is 29.3 Å². The Kier molecular flexibility index (Phi) is 6.73. The maximum absolute atomic E-state index is 12.3. The van der Waals surface area contributed by atoms with Crippen LogP contribution in [0.2, 0.25) is 0 Å². The summed E-state index contributed by atoms with van der Waals surface area (Å²) in [5, 5.41) is 12.5. The van der Waals surface area contributed by atoms with E-state index in [-0.39, 0.29) is 5.91 Å². The molecule has 8 heteroatoms. The van der Waals surface area contributed by atoms with Crippen LogP contribution in [0.3, 0.4) is 0 Å². The van der Waals surface area contributed by atoms with E-state index < -0.39 is 0 Å². The number of thioether (sulfide) groups is 1. The molecular weight excluding hydrogens is 362 g/mol. The Balaban J connectivity index is 1.65. The topological polar surface area (TPSA) is 72.3 Å². The number of benzene rings is 1. The summed E-state index contributed by atoms with van der Waals surface area (Å²) in [5.41, 5.74) is 1.98. The summed E-state index contributed by atoms with van der Waals surface area (Å²) in [6.45, 7) is 10.2. The van der Waals surface area contributed by atoms with Gasteiger partial charge in [-0.05, 0) is 25.0 Å². The summed E-state index contributed by atoms with van der Waals surface area (Å²) < 4.78 is 7.56. The van der Waals surface area contributed by atoms with Crippen molar-refractivity contribution in [1.82, 2.24) is 14.8 Å². The molecule has 0 atom stereocenters. The van der Waals surface area contributed by atoms with Crippen LogP contribution in [0.4, 0.5) is 11.6 Å². The molecule has 0 saturated carbocycles. The summed E-state index contributed by atoms with van der Waals surface area (Å²) in [7, 11) is 0. The molecule has 1 aliphatic heterocycles. The highest BCUT2D eigenvalue weighted by Gasteiger charge is 2.21. The lowest BCUT2D eigenvalue weighted by molar-refractivity contribution is -0.113. The second-order valence-corrected chi connectivity index (χ2v) is 8.03. The lowest BCUT2D eigenvalue weighted by atomic mass is 10.2. The number of nitrogens with one attached hydrogen (secondary N) is 1.